The lowest BCUT2D eigenvalue weighted by atomic mass is 10.2. The van der Waals surface area contributed by atoms with Crippen molar-refractivity contribution in [2.75, 3.05) is 12.8 Å². The van der Waals surface area contributed by atoms with Crippen LogP contribution in [0.25, 0.3) is 0 Å². The molecule has 0 bridgehead atoms. The standard InChI is InChI=1S/C12H14FN3S3/c1-3-14-7-8-4-9(13)6-10(5-8)18-12-16-15-11(17-2)19-12/h4-6,14H,3,7H2,1-2H3. The molecular weight excluding hydrogens is 301 g/mol. The molecule has 2 aromatic rings. The summed E-state index contributed by atoms with van der Waals surface area (Å²) in [4.78, 5) is 0.858. The number of benzene rings is 1. The first-order valence-electron chi connectivity index (χ1n) is 5.76. The molecule has 3 nitrogen and oxygen atoms in total. The van der Waals surface area contributed by atoms with E-state index in [0.717, 1.165) is 25.7 Å². The van der Waals surface area contributed by atoms with Gasteiger partial charge in [0.2, 0.25) is 0 Å². The molecule has 19 heavy (non-hydrogen) atoms. The van der Waals surface area contributed by atoms with Crippen LogP contribution in [0.1, 0.15) is 12.5 Å². The van der Waals surface area contributed by atoms with E-state index in [9.17, 15) is 4.39 Å². The van der Waals surface area contributed by atoms with Crippen LogP contribution in [-0.2, 0) is 6.54 Å². The van der Waals surface area contributed by atoms with E-state index in [-0.39, 0.29) is 5.82 Å². The Morgan fingerprint density at radius 2 is 2.05 bits per heavy atom. The molecule has 1 heterocycles. The number of halogens is 1. The van der Waals surface area contributed by atoms with Crippen LogP contribution in [0.3, 0.4) is 0 Å². The van der Waals surface area contributed by atoms with Crippen molar-refractivity contribution in [3.05, 3.63) is 29.6 Å². The number of hydrogen-bond donors (Lipinski definition) is 1. The number of aromatic nitrogens is 2. The maximum atomic E-state index is 13.6. The topological polar surface area (TPSA) is 37.8 Å². The van der Waals surface area contributed by atoms with Gasteiger partial charge in [-0.25, -0.2) is 4.39 Å². The Labute approximate surface area is 124 Å². The van der Waals surface area contributed by atoms with Crippen molar-refractivity contribution in [2.45, 2.75) is 27.0 Å². The van der Waals surface area contributed by atoms with Crippen molar-refractivity contribution < 1.29 is 4.39 Å². The molecular formula is C12H14FN3S3. The average Bonchev–Trinajstić information content (AvgIpc) is 2.83. The molecule has 0 aliphatic carbocycles. The van der Waals surface area contributed by atoms with Crippen molar-refractivity contribution >= 4 is 34.9 Å². The maximum absolute atomic E-state index is 13.6. The van der Waals surface area contributed by atoms with Crippen molar-refractivity contribution in [3.8, 4) is 0 Å². The highest BCUT2D eigenvalue weighted by atomic mass is 32.2. The summed E-state index contributed by atoms with van der Waals surface area (Å²) in [7, 11) is 0. The second-order valence-electron chi connectivity index (χ2n) is 3.72. The van der Waals surface area contributed by atoms with Gasteiger partial charge in [0.15, 0.2) is 8.68 Å². The van der Waals surface area contributed by atoms with Gasteiger partial charge in [0.1, 0.15) is 5.82 Å². The molecule has 2 rings (SSSR count). The largest absolute Gasteiger partial charge is 0.313 e. The van der Waals surface area contributed by atoms with E-state index >= 15 is 0 Å². The summed E-state index contributed by atoms with van der Waals surface area (Å²) in [6, 6.07) is 5.07. The third-order valence-corrected chi connectivity index (χ3v) is 5.20. The fraction of sp³-hybridized carbons (Fsp3) is 0.333. The van der Waals surface area contributed by atoms with Crippen LogP contribution < -0.4 is 5.32 Å². The minimum Gasteiger partial charge on any atom is -0.313 e. The first-order valence-corrected chi connectivity index (χ1v) is 8.62. The van der Waals surface area contributed by atoms with E-state index in [0.29, 0.717) is 6.54 Å². The lowest BCUT2D eigenvalue weighted by molar-refractivity contribution is 0.617. The molecule has 0 atom stereocenters. The molecule has 0 aliphatic heterocycles. The second kappa shape index (κ2) is 7.23. The predicted molar refractivity (Wildman–Crippen MR) is 79.6 cm³/mol. The lowest BCUT2D eigenvalue weighted by Crippen LogP contribution is -2.11. The Bertz CT molecular complexity index is 545. The van der Waals surface area contributed by atoms with Crippen molar-refractivity contribution in [2.24, 2.45) is 0 Å². The Morgan fingerprint density at radius 1 is 1.26 bits per heavy atom. The van der Waals surface area contributed by atoms with E-state index in [2.05, 4.69) is 15.5 Å². The summed E-state index contributed by atoms with van der Waals surface area (Å²) in [5.74, 6) is -0.215. The van der Waals surface area contributed by atoms with Gasteiger partial charge in [0.05, 0.1) is 0 Å². The summed E-state index contributed by atoms with van der Waals surface area (Å²) >= 11 is 4.54. The Hall–Kier alpha value is -0.630. The summed E-state index contributed by atoms with van der Waals surface area (Å²) in [6.45, 7) is 3.57. The van der Waals surface area contributed by atoms with Crippen molar-refractivity contribution in [3.63, 3.8) is 0 Å². The first-order chi connectivity index (χ1) is 9.21. The molecule has 1 aromatic heterocycles. The average molecular weight is 315 g/mol. The van der Waals surface area contributed by atoms with Crippen LogP contribution in [-0.4, -0.2) is 23.0 Å². The third kappa shape index (κ3) is 4.45. The van der Waals surface area contributed by atoms with Crippen LogP contribution in [0.2, 0.25) is 0 Å². The van der Waals surface area contributed by atoms with Crippen LogP contribution in [0.5, 0.6) is 0 Å². The van der Waals surface area contributed by atoms with E-state index in [4.69, 9.17) is 0 Å². The zero-order valence-corrected chi connectivity index (χ0v) is 13.1. The molecule has 1 N–H and O–H groups in total. The van der Waals surface area contributed by atoms with Gasteiger partial charge in [-0.1, -0.05) is 41.8 Å². The zero-order chi connectivity index (χ0) is 13.7. The SMILES string of the molecule is CCNCc1cc(F)cc(Sc2nnc(SC)s2)c1. The molecule has 0 radical (unpaired) electrons. The van der Waals surface area contributed by atoms with Gasteiger partial charge in [0, 0.05) is 11.4 Å². The normalized spacial score (nSPS) is 10.9. The van der Waals surface area contributed by atoms with Gasteiger partial charge < -0.3 is 5.32 Å². The fourth-order valence-corrected chi connectivity index (χ4v) is 3.99. The molecule has 0 saturated carbocycles. The van der Waals surface area contributed by atoms with E-state index in [1.165, 1.54) is 29.2 Å². The summed E-state index contributed by atoms with van der Waals surface area (Å²) in [5, 5.41) is 11.3. The van der Waals surface area contributed by atoms with Crippen LogP contribution >= 0.6 is 34.9 Å². The first kappa shape index (κ1) is 14.8. The van der Waals surface area contributed by atoms with Gasteiger partial charge in [-0.2, -0.15) is 0 Å². The summed E-state index contributed by atoms with van der Waals surface area (Å²) in [5.41, 5.74) is 0.943. The lowest BCUT2D eigenvalue weighted by Gasteiger charge is -2.05. The molecule has 1 aromatic carbocycles. The van der Waals surface area contributed by atoms with E-state index < -0.39 is 0 Å². The molecule has 0 unspecified atom stereocenters. The highest BCUT2D eigenvalue weighted by Gasteiger charge is 2.07. The Morgan fingerprint density at radius 3 is 2.74 bits per heavy atom. The fourth-order valence-electron chi connectivity index (χ4n) is 1.47. The molecule has 0 amide bonds. The minimum atomic E-state index is -0.215. The monoisotopic (exact) mass is 315 g/mol. The molecule has 0 fully saturated rings. The molecule has 0 saturated heterocycles. The smallest absolute Gasteiger partial charge is 0.179 e. The predicted octanol–water partition coefficient (Wildman–Crippen LogP) is 3.66. The summed E-state index contributed by atoms with van der Waals surface area (Å²) < 4.78 is 15.3. The van der Waals surface area contributed by atoms with E-state index in [1.54, 1.807) is 17.8 Å². The number of thioether (sulfide) groups is 1. The van der Waals surface area contributed by atoms with Gasteiger partial charge in [-0.15, -0.1) is 10.2 Å². The maximum Gasteiger partial charge on any atom is 0.179 e. The summed E-state index contributed by atoms with van der Waals surface area (Å²) in [6.07, 6.45) is 1.96. The molecule has 0 aliphatic rings. The third-order valence-electron chi connectivity index (χ3n) is 2.28. The Balaban J connectivity index is 2.12. The molecule has 0 spiro atoms. The quantitative estimate of drug-likeness (QED) is 0.824. The van der Waals surface area contributed by atoms with Crippen molar-refractivity contribution in [1.29, 1.82) is 0 Å². The van der Waals surface area contributed by atoms with Crippen LogP contribution in [0, 0.1) is 5.82 Å². The minimum absolute atomic E-state index is 0.215. The zero-order valence-electron chi connectivity index (χ0n) is 10.6. The van der Waals surface area contributed by atoms with Crippen LogP contribution in [0.15, 0.2) is 31.8 Å². The van der Waals surface area contributed by atoms with Gasteiger partial charge in [0.25, 0.3) is 0 Å². The second-order valence-corrected chi connectivity index (χ2v) is 7.07. The van der Waals surface area contributed by atoms with Gasteiger partial charge >= 0.3 is 0 Å². The van der Waals surface area contributed by atoms with Gasteiger partial charge in [-0.3, -0.25) is 0 Å². The highest BCUT2D eigenvalue weighted by Crippen LogP contribution is 2.33. The molecule has 7 heteroatoms. The number of hydrogen-bond acceptors (Lipinski definition) is 6. The number of rotatable bonds is 6. The van der Waals surface area contributed by atoms with Crippen molar-refractivity contribution in [1.82, 2.24) is 15.5 Å². The highest BCUT2D eigenvalue weighted by molar-refractivity contribution is 8.03. The Kier molecular flexibility index (Phi) is 5.62. The molecule has 102 valence electrons. The van der Waals surface area contributed by atoms with Crippen LogP contribution in [0.4, 0.5) is 4.39 Å². The van der Waals surface area contributed by atoms with E-state index in [1.807, 2.05) is 19.2 Å². The van der Waals surface area contributed by atoms with Gasteiger partial charge in [-0.05, 0) is 36.6 Å². The number of nitrogens with one attached hydrogen (secondary N) is 1. The number of nitrogens with zero attached hydrogens (tertiary/aromatic N) is 2.